The topological polar surface area (TPSA) is 29.1 Å². The number of anilines is 1. The third-order valence-corrected chi connectivity index (χ3v) is 6.21. The summed E-state index contributed by atoms with van der Waals surface area (Å²) in [6.07, 6.45) is 2.57. The van der Waals surface area contributed by atoms with Crippen LogP contribution in [0.4, 0.5) is 5.69 Å². The molecule has 0 spiro atoms. The summed E-state index contributed by atoms with van der Waals surface area (Å²) in [6, 6.07) is 21.6. The molecule has 1 N–H and O–H groups in total. The van der Waals surface area contributed by atoms with Gasteiger partial charge in [-0.3, -0.25) is 4.79 Å². The largest absolute Gasteiger partial charge is 0.373 e. The van der Waals surface area contributed by atoms with Gasteiger partial charge in [-0.15, -0.1) is 0 Å². The lowest BCUT2D eigenvalue weighted by molar-refractivity contribution is -0.116. The molecule has 0 aromatic heterocycles. The maximum absolute atomic E-state index is 13.0. The molecule has 2 nitrogen and oxygen atoms in total. The van der Waals surface area contributed by atoms with Crippen LogP contribution in [0, 0.1) is 0 Å². The number of allylic oxidation sites excluding steroid dienone is 1. The summed E-state index contributed by atoms with van der Waals surface area (Å²) in [5.41, 5.74) is 7.11. The SMILES string of the molecule is CC(C)c1ccc([C@H]2Nc3ccc4ccccc4c3C3=C2C(=O)CCC3)cc1. The molecule has 1 aliphatic heterocycles. The van der Waals surface area contributed by atoms with Gasteiger partial charge in [-0.25, -0.2) is 0 Å². The smallest absolute Gasteiger partial charge is 0.161 e. The van der Waals surface area contributed by atoms with E-state index in [1.54, 1.807) is 0 Å². The van der Waals surface area contributed by atoms with Gasteiger partial charge in [0.1, 0.15) is 0 Å². The number of hydrogen-bond donors (Lipinski definition) is 1. The van der Waals surface area contributed by atoms with Gasteiger partial charge in [0, 0.05) is 23.2 Å². The summed E-state index contributed by atoms with van der Waals surface area (Å²) < 4.78 is 0. The number of ketones is 1. The van der Waals surface area contributed by atoms with E-state index in [0.717, 1.165) is 24.1 Å². The Bertz CT molecular complexity index is 1100. The minimum Gasteiger partial charge on any atom is -0.373 e. The van der Waals surface area contributed by atoms with Gasteiger partial charge in [-0.2, -0.15) is 0 Å². The second-order valence-electron chi connectivity index (χ2n) is 8.28. The van der Waals surface area contributed by atoms with E-state index in [9.17, 15) is 4.79 Å². The number of Topliss-reactive ketones (excluding diaryl/α,β-unsaturated/α-hetero) is 1. The number of benzene rings is 3. The Kier molecular flexibility index (Phi) is 4.08. The van der Waals surface area contributed by atoms with E-state index in [4.69, 9.17) is 0 Å². The molecular weight excluding hydrogens is 342 g/mol. The number of fused-ring (bicyclic) bond motifs is 4. The molecule has 2 heteroatoms. The van der Waals surface area contributed by atoms with Crippen LogP contribution in [0.1, 0.15) is 61.8 Å². The Morgan fingerprint density at radius 3 is 2.50 bits per heavy atom. The van der Waals surface area contributed by atoms with E-state index in [-0.39, 0.29) is 6.04 Å². The molecule has 3 aromatic rings. The lowest BCUT2D eigenvalue weighted by Crippen LogP contribution is -2.27. The first kappa shape index (κ1) is 17.2. The summed E-state index contributed by atoms with van der Waals surface area (Å²) in [5, 5.41) is 6.17. The summed E-state index contributed by atoms with van der Waals surface area (Å²) in [5.74, 6) is 0.803. The minimum absolute atomic E-state index is 0.0577. The fraction of sp³-hybridized carbons (Fsp3) is 0.269. The van der Waals surface area contributed by atoms with Gasteiger partial charge < -0.3 is 5.32 Å². The van der Waals surface area contributed by atoms with Gasteiger partial charge >= 0.3 is 0 Å². The molecule has 0 radical (unpaired) electrons. The first-order valence-corrected chi connectivity index (χ1v) is 10.3. The molecule has 0 saturated heterocycles. The molecule has 28 heavy (non-hydrogen) atoms. The lowest BCUT2D eigenvalue weighted by atomic mass is 9.76. The van der Waals surface area contributed by atoms with Crippen molar-refractivity contribution in [1.82, 2.24) is 0 Å². The van der Waals surface area contributed by atoms with Gasteiger partial charge in [0.25, 0.3) is 0 Å². The molecule has 1 aliphatic carbocycles. The molecule has 0 bridgehead atoms. The Morgan fingerprint density at radius 1 is 0.929 bits per heavy atom. The van der Waals surface area contributed by atoms with Crippen molar-refractivity contribution < 1.29 is 4.79 Å². The van der Waals surface area contributed by atoms with Crippen LogP contribution in [0.15, 0.2) is 66.2 Å². The average Bonchev–Trinajstić information content (AvgIpc) is 2.73. The minimum atomic E-state index is -0.0577. The van der Waals surface area contributed by atoms with Crippen molar-refractivity contribution in [2.75, 3.05) is 5.32 Å². The van der Waals surface area contributed by atoms with Crippen LogP contribution in [0.25, 0.3) is 16.3 Å². The van der Waals surface area contributed by atoms with Gasteiger partial charge in [0.05, 0.1) is 6.04 Å². The number of rotatable bonds is 2. The Balaban J connectivity index is 1.71. The normalized spacial score (nSPS) is 18.8. The highest BCUT2D eigenvalue weighted by Crippen LogP contribution is 2.47. The van der Waals surface area contributed by atoms with Gasteiger partial charge in [-0.05, 0) is 52.3 Å². The molecule has 0 amide bonds. The monoisotopic (exact) mass is 367 g/mol. The Labute approximate surface area is 166 Å². The highest BCUT2D eigenvalue weighted by molar-refractivity contribution is 6.12. The van der Waals surface area contributed by atoms with E-state index in [0.29, 0.717) is 18.1 Å². The van der Waals surface area contributed by atoms with Crippen molar-refractivity contribution in [1.29, 1.82) is 0 Å². The fourth-order valence-corrected chi connectivity index (χ4v) is 4.73. The van der Waals surface area contributed by atoms with Crippen molar-refractivity contribution in [2.24, 2.45) is 0 Å². The Morgan fingerprint density at radius 2 is 1.71 bits per heavy atom. The maximum atomic E-state index is 13.0. The van der Waals surface area contributed by atoms with Crippen LogP contribution in [0.5, 0.6) is 0 Å². The van der Waals surface area contributed by atoms with Crippen molar-refractivity contribution in [3.8, 4) is 0 Å². The summed E-state index contributed by atoms with van der Waals surface area (Å²) in [7, 11) is 0. The molecule has 0 fully saturated rings. The molecule has 5 rings (SSSR count). The van der Waals surface area contributed by atoms with Gasteiger partial charge in [0.2, 0.25) is 0 Å². The quantitative estimate of drug-likeness (QED) is 0.550. The first-order chi connectivity index (χ1) is 13.6. The molecule has 140 valence electrons. The summed E-state index contributed by atoms with van der Waals surface area (Å²) in [4.78, 5) is 13.0. The number of hydrogen-bond acceptors (Lipinski definition) is 2. The molecule has 1 heterocycles. The van der Waals surface area contributed by atoms with Crippen LogP contribution >= 0.6 is 0 Å². The number of nitrogens with one attached hydrogen (secondary N) is 1. The van der Waals surface area contributed by atoms with E-state index < -0.39 is 0 Å². The molecule has 2 aliphatic rings. The molecule has 1 atom stereocenters. The van der Waals surface area contributed by atoms with E-state index in [2.05, 4.69) is 79.8 Å². The van der Waals surface area contributed by atoms with Crippen LogP contribution < -0.4 is 5.32 Å². The van der Waals surface area contributed by atoms with Crippen LogP contribution in [-0.2, 0) is 4.79 Å². The predicted octanol–water partition coefficient (Wildman–Crippen LogP) is 6.64. The zero-order chi connectivity index (χ0) is 19.3. The highest BCUT2D eigenvalue weighted by Gasteiger charge is 2.34. The Hall–Kier alpha value is -2.87. The fourth-order valence-electron chi connectivity index (χ4n) is 4.73. The third-order valence-electron chi connectivity index (χ3n) is 6.21. The van der Waals surface area contributed by atoms with Crippen LogP contribution in [0.2, 0.25) is 0 Å². The highest BCUT2D eigenvalue weighted by atomic mass is 16.1. The van der Waals surface area contributed by atoms with Crippen molar-refractivity contribution in [3.05, 3.63) is 82.9 Å². The van der Waals surface area contributed by atoms with Gasteiger partial charge in [-0.1, -0.05) is 68.4 Å². The second kappa shape index (κ2) is 6.63. The van der Waals surface area contributed by atoms with Gasteiger partial charge in [0.15, 0.2) is 5.78 Å². The van der Waals surface area contributed by atoms with E-state index in [1.807, 2.05) is 0 Å². The summed E-state index contributed by atoms with van der Waals surface area (Å²) in [6.45, 7) is 4.42. The molecule has 0 saturated carbocycles. The van der Waals surface area contributed by atoms with Crippen molar-refractivity contribution >= 4 is 27.8 Å². The van der Waals surface area contributed by atoms with Crippen molar-refractivity contribution in [3.63, 3.8) is 0 Å². The van der Waals surface area contributed by atoms with Crippen molar-refractivity contribution in [2.45, 2.75) is 45.1 Å². The number of carbonyl (C=O) groups excluding carboxylic acids is 1. The second-order valence-corrected chi connectivity index (χ2v) is 8.28. The zero-order valence-corrected chi connectivity index (χ0v) is 16.5. The van der Waals surface area contributed by atoms with E-state index in [1.165, 1.54) is 33.0 Å². The zero-order valence-electron chi connectivity index (χ0n) is 16.5. The maximum Gasteiger partial charge on any atom is 0.161 e. The summed E-state index contributed by atoms with van der Waals surface area (Å²) >= 11 is 0. The molecule has 3 aromatic carbocycles. The first-order valence-electron chi connectivity index (χ1n) is 10.3. The predicted molar refractivity (Wildman–Crippen MR) is 117 cm³/mol. The standard InChI is InChI=1S/C26H25NO/c1-16(2)17-10-12-19(13-11-17)26-25-21(8-5-9-23(25)28)24-20-7-4-3-6-18(20)14-15-22(24)27-26/h3-4,6-7,10-16,26-27H,5,8-9H2,1-2H3/t26-/m1/s1. The molecule has 0 unspecified atom stereocenters. The van der Waals surface area contributed by atoms with E-state index >= 15 is 0 Å². The van der Waals surface area contributed by atoms with Crippen LogP contribution in [-0.4, -0.2) is 5.78 Å². The lowest BCUT2D eigenvalue weighted by Gasteiger charge is -2.35. The third kappa shape index (κ3) is 2.67. The number of carbonyl (C=O) groups is 1. The average molecular weight is 367 g/mol. The molecular formula is C26H25NO. The van der Waals surface area contributed by atoms with Crippen LogP contribution in [0.3, 0.4) is 0 Å².